The number of benzene rings is 2. The standard InChI is InChI=1S/C30H41N3O4/c1-4-20-36-29(34)13-14-31-16-18-32(19-17-31)26-10-11-27-23(2)12-15-33(24(3)28(27)21-26)30(35)37-22-25-8-6-5-7-9-25/h5-11,21,23-24H,4,12-20,22H2,1-3H3/t23-,24?/m0/s1. The summed E-state index contributed by atoms with van der Waals surface area (Å²) < 4.78 is 10.9. The number of carbonyl (C=O) groups excluding carboxylic acids is 2. The number of hydrogen-bond acceptors (Lipinski definition) is 6. The first-order valence-electron chi connectivity index (χ1n) is 13.7. The van der Waals surface area contributed by atoms with Crippen molar-refractivity contribution in [3.05, 3.63) is 65.2 Å². The topological polar surface area (TPSA) is 62.3 Å². The molecule has 7 nitrogen and oxygen atoms in total. The van der Waals surface area contributed by atoms with Crippen molar-refractivity contribution in [1.82, 2.24) is 9.80 Å². The van der Waals surface area contributed by atoms with Gasteiger partial charge in [-0.2, -0.15) is 0 Å². The Morgan fingerprint density at radius 3 is 2.41 bits per heavy atom. The number of ether oxygens (including phenoxy) is 2. The molecule has 4 rings (SSSR count). The highest BCUT2D eigenvalue weighted by Crippen LogP contribution is 2.37. The Kier molecular flexibility index (Phi) is 9.45. The van der Waals surface area contributed by atoms with Crippen LogP contribution in [0, 0.1) is 0 Å². The minimum absolute atomic E-state index is 0.0569. The highest BCUT2D eigenvalue weighted by Gasteiger charge is 2.30. The van der Waals surface area contributed by atoms with E-state index in [2.05, 4.69) is 41.8 Å². The van der Waals surface area contributed by atoms with Crippen molar-refractivity contribution < 1.29 is 19.1 Å². The van der Waals surface area contributed by atoms with Crippen LogP contribution in [0.1, 0.15) is 68.7 Å². The van der Waals surface area contributed by atoms with E-state index in [4.69, 9.17) is 9.47 Å². The van der Waals surface area contributed by atoms with E-state index in [1.807, 2.05) is 42.2 Å². The Hall–Kier alpha value is -3.06. The maximum absolute atomic E-state index is 13.1. The van der Waals surface area contributed by atoms with Crippen molar-refractivity contribution in [3.8, 4) is 0 Å². The minimum Gasteiger partial charge on any atom is -0.466 e. The van der Waals surface area contributed by atoms with Crippen molar-refractivity contribution in [1.29, 1.82) is 0 Å². The lowest BCUT2D eigenvalue weighted by molar-refractivity contribution is -0.144. The second-order valence-corrected chi connectivity index (χ2v) is 10.2. The van der Waals surface area contributed by atoms with Gasteiger partial charge in [0.15, 0.2) is 0 Å². The number of hydrogen-bond donors (Lipinski definition) is 0. The molecule has 0 bridgehead atoms. The maximum atomic E-state index is 13.1. The average Bonchev–Trinajstić information content (AvgIpc) is 3.06. The van der Waals surface area contributed by atoms with Crippen LogP contribution in [-0.2, 0) is 20.9 Å². The Bertz CT molecular complexity index is 1040. The molecule has 7 heteroatoms. The number of anilines is 1. The summed E-state index contributed by atoms with van der Waals surface area (Å²) in [6.07, 6.45) is 1.96. The number of fused-ring (bicyclic) bond motifs is 1. The van der Waals surface area contributed by atoms with Gasteiger partial charge in [-0.3, -0.25) is 9.69 Å². The van der Waals surface area contributed by atoms with Crippen molar-refractivity contribution in [2.45, 2.75) is 58.6 Å². The van der Waals surface area contributed by atoms with Crippen LogP contribution in [-0.4, -0.2) is 67.7 Å². The van der Waals surface area contributed by atoms with Gasteiger partial charge in [-0.05, 0) is 54.5 Å². The van der Waals surface area contributed by atoms with Crippen LogP contribution in [0.2, 0.25) is 0 Å². The minimum atomic E-state index is -0.257. The summed E-state index contributed by atoms with van der Waals surface area (Å²) in [7, 11) is 0. The molecule has 1 unspecified atom stereocenters. The number of rotatable bonds is 8. The van der Waals surface area contributed by atoms with E-state index in [9.17, 15) is 9.59 Å². The third-order valence-electron chi connectivity index (χ3n) is 7.60. The summed E-state index contributed by atoms with van der Waals surface area (Å²) in [5.74, 6) is 0.271. The van der Waals surface area contributed by atoms with E-state index < -0.39 is 0 Å². The van der Waals surface area contributed by atoms with E-state index in [0.717, 1.165) is 51.1 Å². The molecule has 1 fully saturated rings. The molecule has 1 amide bonds. The maximum Gasteiger partial charge on any atom is 0.410 e. The molecule has 0 aromatic heterocycles. The fraction of sp³-hybridized carbons (Fsp3) is 0.533. The normalized spacial score (nSPS) is 20.2. The molecule has 0 spiro atoms. The quantitative estimate of drug-likeness (QED) is 0.449. The van der Waals surface area contributed by atoms with Gasteiger partial charge in [0.2, 0.25) is 0 Å². The van der Waals surface area contributed by atoms with Crippen LogP contribution < -0.4 is 4.90 Å². The SMILES string of the molecule is CCCOC(=O)CCN1CCN(c2ccc3c(c2)C(C)N(C(=O)OCc2ccccc2)CC[C@@H]3C)CC1. The van der Waals surface area contributed by atoms with E-state index in [1.165, 1.54) is 16.8 Å². The van der Waals surface area contributed by atoms with Crippen LogP contribution in [0.3, 0.4) is 0 Å². The van der Waals surface area contributed by atoms with Crippen LogP contribution in [0.25, 0.3) is 0 Å². The second kappa shape index (κ2) is 13.0. The van der Waals surface area contributed by atoms with Crippen molar-refractivity contribution >= 4 is 17.7 Å². The summed E-state index contributed by atoms with van der Waals surface area (Å²) in [4.78, 5) is 31.6. The largest absolute Gasteiger partial charge is 0.466 e. The Labute approximate surface area is 221 Å². The van der Waals surface area contributed by atoms with E-state index in [0.29, 0.717) is 25.5 Å². The number of carbonyl (C=O) groups is 2. The van der Waals surface area contributed by atoms with Gasteiger partial charge in [0, 0.05) is 45.0 Å². The second-order valence-electron chi connectivity index (χ2n) is 10.2. The fourth-order valence-corrected chi connectivity index (χ4v) is 5.24. The van der Waals surface area contributed by atoms with Gasteiger partial charge in [-0.15, -0.1) is 0 Å². The lowest BCUT2D eigenvalue weighted by atomic mass is 9.91. The van der Waals surface area contributed by atoms with Crippen LogP contribution >= 0.6 is 0 Å². The fourth-order valence-electron chi connectivity index (χ4n) is 5.24. The predicted octanol–water partition coefficient (Wildman–Crippen LogP) is 5.36. The first kappa shape index (κ1) is 27.0. The first-order chi connectivity index (χ1) is 18.0. The molecular formula is C30H41N3O4. The third-order valence-corrected chi connectivity index (χ3v) is 7.60. The zero-order valence-electron chi connectivity index (χ0n) is 22.5. The van der Waals surface area contributed by atoms with Gasteiger partial charge in [-0.1, -0.05) is 50.2 Å². The molecule has 2 aromatic carbocycles. The summed E-state index contributed by atoms with van der Waals surface area (Å²) in [6, 6.07) is 16.5. The Balaban J connectivity index is 1.38. The molecular weight excluding hydrogens is 466 g/mol. The highest BCUT2D eigenvalue weighted by atomic mass is 16.6. The molecule has 2 aliphatic rings. The number of nitrogens with zero attached hydrogens (tertiary/aromatic N) is 3. The van der Waals surface area contributed by atoms with Gasteiger partial charge in [0.1, 0.15) is 6.61 Å². The molecule has 2 aliphatic heterocycles. The molecule has 0 aliphatic carbocycles. The summed E-state index contributed by atoms with van der Waals surface area (Å²) >= 11 is 0. The zero-order valence-corrected chi connectivity index (χ0v) is 22.5. The predicted molar refractivity (Wildman–Crippen MR) is 146 cm³/mol. The van der Waals surface area contributed by atoms with Crippen molar-refractivity contribution in [3.63, 3.8) is 0 Å². The zero-order chi connectivity index (χ0) is 26.2. The third kappa shape index (κ3) is 7.04. The van der Waals surface area contributed by atoms with E-state index in [-0.39, 0.29) is 24.7 Å². The molecule has 0 radical (unpaired) electrons. The van der Waals surface area contributed by atoms with Crippen LogP contribution in [0.5, 0.6) is 0 Å². The van der Waals surface area contributed by atoms with Crippen LogP contribution in [0.4, 0.5) is 10.5 Å². The highest BCUT2D eigenvalue weighted by molar-refractivity contribution is 5.70. The lowest BCUT2D eigenvalue weighted by Crippen LogP contribution is -2.47. The van der Waals surface area contributed by atoms with Gasteiger partial charge in [0.25, 0.3) is 0 Å². The van der Waals surface area contributed by atoms with E-state index in [1.54, 1.807) is 0 Å². The number of esters is 1. The molecule has 2 heterocycles. The monoisotopic (exact) mass is 507 g/mol. The summed E-state index contributed by atoms with van der Waals surface area (Å²) in [5.41, 5.74) is 4.71. The molecule has 0 N–H and O–H groups in total. The van der Waals surface area contributed by atoms with Crippen molar-refractivity contribution in [2.24, 2.45) is 0 Å². The molecule has 200 valence electrons. The summed E-state index contributed by atoms with van der Waals surface area (Å²) in [5, 5.41) is 0. The average molecular weight is 508 g/mol. The lowest BCUT2D eigenvalue weighted by Gasteiger charge is -2.36. The Morgan fingerprint density at radius 1 is 0.919 bits per heavy atom. The molecule has 37 heavy (non-hydrogen) atoms. The summed E-state index contributed by atoms with van der Waals surface area (Å²) in [6.45, 7) is 12.2. The van der Waals surface area contributed by atoms with Crippen LogP contribution in [0.15, 0.2) is 48.5 Å². The van der Waals surface area contributed by atoms with E-state index >= 15 is 0 Å². The van der Waals surface area contributed by atoms with Gasteiger partial charge in [-0.25, -0.2) is 4.79 Å². The first-order valence-corrected chi connectivity index (χ1v) is 13.7. The molecule has 1 saturated heterocycles. The molecule has 2 atom stereocenters. The molecule has 0 saturated carbocycles. The van der Waals surface area contributed by atoms with Gasteiger partial charge >= 0.3 is 12.1 Å². The van der Waals surface area contributed by atoms with Gasteiger partial charge < -0.3 is 19.3 Å². The van der Waals surface area contributed by atoms with Gasteiger partial charge in [0.05, 0.1) is 19.1 Å². The number of piperazine rings is 1. The number of amides is 1. The Morgan fingerprint density at radius 2 is 1.68 bits per heavy atom. The smallest absolute Gasteiger partial charge is 0.410 e. The van der Waals surface area contributed by atoms with Crippen molar-refractivity contribution in [2.75, 3.05) is 50.8 Å². The molecule has 2 aromatic rings.